The summed E-state index contributed by atoms with van der Waals surface area (Å²) in [5.41, 5.74) is 3.38. The summed E-state index contributed by atoms with van der Waals surface area (Å²) in [6, 6.07) is 4.57. The molecule has 0 spiro atoms. The van der Waals surface area contributed by atoms with E-state index in [4.69, 9.17) is 0 Å². The molecule has 0 N–H and O–H groups in total. The second-order valence-electron chi connectivity index (χ2n) is 7.50. The van der Waals surface area contributed by atoms with E-state index < -0.39 is 0 Å². The molecular formula is C19H24N4O. The molecule has 1 aliphatic heterocycles. The standard InChI is InChI=1S/C19H24N4O/c1-11(2)14-6-12(3)7-15-17(14)16-8-20-23(13-9-21(4)10-13)18(16)22(5)19(15)24/h6-8,11,13H,9-10H2,1-5H3. The van der Waals surface area contributed by atoms with Crippen LogP contribution in [-0.2, 0) is 7.05 Å². The first kappa shape index (κ1) is 15.4. The van der Waals surface area contributed by atoms with Crippen LogP contribution in [0.1, 0.15) is 36.9 Å². The third-order valence-corrected chi connectivity index (χ3v) is 5.22. The molecule has 126 valence electrons. The van der Waals surface area contributed by atoms with E-state index in [2.05, 4.69) is 43.9 Å². The summed E-state index contributed by atoms with van der Waals surface area (Å²) in [5, 5.41) is 7.63. The van der Waals surface area contributed by atoms with Gasteiger partial charge in [-0.05, 0) is 31.5 Å². The summed E-state index contributed by atoms with van der Waals surface area (Å²) in [6.07, 6.45) is 1.94. The molecule has 0 radical (unpaired) electrons. The fourth-order valence-electron chi connectivity index (χ4n) is 3.97. The Morgan fingerprint density at radius 3 is 2.50 bits per heavy atom. The second-order valence-corrected chi connectivity index (χ2v) is 7.50. The highest BCUT2D eigenvalue weighted by atomic mass is 16.1. The molecule has 3 heterocycles. The van der Waals surface area contributed by atoms with E-state index in [0.29, 0.717) is 12.0 Å². The fourth-order valence-corrected chi connectivity index (χ4v) is 3.97. The highest BCUT2D eigenvalue weighted by Gasteiger charge is 2.28. The summed E-state index contributed by atoms with van der Waals surface area (Å²) in [4.78, 5) is 15.3. The molecule has 0 atom stereocenters. The number of aryl methyl sites for hydroxylation is 2. The minimum atomic E-state index is 0.0672. The first-order chi connectivity index (χ1) is 11.4. The number of hydrogen-bond acceptors (Lipinski definition) is 3. The first-order valence-electron chi connectivity index (χ1n) is 8.57. The monoisotopic (exact) mass is 324 g/mol. The maximum Gasteiger partial charge on any atom is 0.259 e. The number of nitrogens with zero attached hydrogens (tertiary/aromatic N) is 4. The summed E-state index contributed by atoms with van der Waals surface area (Å²) < 4.78 is 3.81. The summed E-state index contributed by atoms with van der Waals surface area (Å²) in [5.74, 6) is 0.362. The van der Waals surface area contributed by atoms with Crippen molar-refractivity contribution < 1.29 is 0 Å². The Kier molecular flexibility index (Phi) is 3.32. The lowest BCUT2D eigenvalue weighted by molar-refractivity contribution is 0.133. The second kappa shape index (κ2) is 5.18. The van der Waals surface area contributed by atoms with Crippen LogP contribution >= 0.6 is 0 Å². The van der Waals surface area contributed by atoms with E-state index in [9.17, 15) is 4.79 Å². The SMILES string of the molecule is Cc1cc(C(C)C)c2c(c1)c(=O)n(C)c1c2cnn1C1CN(C)C1. The van der Waals surface area contributed by atoms with E-state index in [1.807, 2.05) is 24.0 Å². The van der Waals surface area contributed by atoms with Gasteiger partial charge >= 0.3 is 0 Å². The highest BCUT2D eigenvalue weighted by Crippen LogP contribution is 2.33. The van der Waals surface area contributed by atoms with Crippen molar-refractivity contribution in [2.24, 2.45) is 7.05 Å². The Morgan fingerprint density at radius 1 is 1.17 bits per heavy atom. The zero-order valence-corrected chi connectivity index (χ0v) is 15.0. The minimum Gasteiger partial charge on any atom is -0.302 e. The van der Waals surface area contributed by atoms with Crippen LogP contribution in [0.15, 0.2) is 23.1 Å². The zero-order valence-electron chi connectivity index (χ0n) is 15.0. The maximum absolute atomic E-state index is 13.0. The number of fused-ring (bicyclic) bond motifs is 3. The molecule has 0 amide bonds. The van der Waals surface area contributed by atoms with Crippen LogP contribution in [0.4, 0.5) is 0 Å². The Morgan fingerprint density at radius 2 is 1.88 bits per heavy atom. The fraction of sp³-hybridized carbons (Fsp3) is 0.474. The average Bonchev–Trinajstić information content (AvgIpc) is 2.93. The third kappa shape index (κ3) is 2.04. The topological polar surface area (TPSA) is 43.1 Å². The number of aromatic nitrogens is 3. The van der Waals surface area contributed by atoms with Gasteiger partial charge in [0.1, 0.15) is 5.65 Å². The predicted octanol–water partition coefficient (Wildman–Crippen LogP) is 2.81. The molecule has 2 aromatic heterocycles. The van der Waals surface area contributed by atoms with Crippen molar-refractivity contribution in [1.29, 1.82) is 0 Å². The lowest BCUT2D eigenvalue weighted by atomic mass is 9.93. The van der Waals surface area contributed by atoms with Gasteiger partial charge in [0.25, 0.3) is 5.56 Å². The molecule has 5 heteroatoms. The van der Waals surface area contributed by atoms with E-state index in [1.165, 1.54) is 5.56 Å². The van der Waals surface area contributed by atoms with Crippen LogP contribution in [0.5, 0.6) is 0 Å². The number of hydrogen-bond donors (Lipinski definition) is 0. The normalized spacial score (nSPS) is 16.4. The molecule has 1 fully saturated rings. The van der Waals surface area contributed by atoms with Crippen LogP contribution in [0.3, 0.4) is 0 Å². The molecule has 5 nitrogen and oxygen atoms in total. The Hall–Kier alpha value is -2.14. The number of likely N-dealkylation sites (tertiary alicyclic amines) is 1. The van der Waals surface area contributed by atoms with Crippen LogP contribution in [0.2, 0.25) is 0 Å². The van der Waals surface area contributed by atoms with Gasteiger partial charge in [-0.15, -0.1) is 0 Å². The molecule has 24 heavy (non-hydrogen) atoms. The first-order valence-corrected chi connectivity index (χ1v) is 8.57. The maximum atomic E-state index is 13.0. The molecular weight excluding hydrogens is 300 g/mol. The molecule has 1 saturated heterocycles. The van der Waals surface area contributed by atoms with Gasteiger partial charge in [0.2, 0.25) is 0 Å². The molecule has 0 aliphatic carbocycles. The molecule has 0 saturated carbocycles. The highest BCUT2D eigenvalue weighted by molar-refractivity contribution is 6.06. The summed E-state index contributed by atoms with van der Waals surface area (Å²) >= 11 is 0. The average molecular weight is 324 g/mol. The largest absolute Gasteiger partial charge is 0.302 e. The number of likely N-dealkylation sites (N-methyl/N-ethyl adjacent to an activating group) is 1. The van der Waals surface area contributed by atoms with Gasteiger partial charge in [-0.25, -0.2) is 4.68 Å². The summed E-state index contributed by atoms with van der Waals surface area (Å²) in [6.45, 7) is 8.39. The van der Waals surface area contributed by atoms with Gasteiger partial charge in [-0.1, -0.05) is 25.5 Å². The van der Waals surface area contributed by atoms with Gasteiger partial charge in [-0.2, -0.15) is 5.10 Å². The van der Waals surface area contributed by atoms with Gasteiger partial charge in [0.05, 0.1) is 12.2 Å². The Bertz CT molecular complexity index is 1010. The van der Waals surface area contributed by atoms with Gasteiger partial charge in [0.15, 0.2) is 0 Å². The van der Waals surface area contributed by atoms with Crippen molar-refractivity contribution in [3.63, 3.8) is 0 Å². The molecule has 1 aliphatic rings. The third-order valence-electron chi connectivity index (χ3n) is 5.22. The lowest BCUT2D eigenvalue weighted by Crippen LogP contribution is -2.45. The smallest absolute Gasteiger partial charge is 0.259 e. The van der Waals surface area contributed by atoms with E-state index in [-0.39, 0.29) is 5.56 Å². The Labute approximate surface area is 141 Å². The van der Waals surface area contributed by atoms with Gasteiger partial charge in [-0.3, -0.25) is 9.36 Å². The van der Waals surface area contributed by atoms with Gasteiger partial charge in [0, 0.05) is 36.3 Å². The van der Waals surface area contributed by atoms with E-state index in [1.54, 1.807) is 4.57 Å². The number of rotatable bonds is 2. The molecule has 1 aromatic carbocycles. The summed E-state index contributed by atoms with van der Waals surface area (Å²) in [7, 11) is 3.97. The van der Waals surface area contributed by atoms with Crippen molar-refractivity contribution in [3.8, 4) is 0 Å². The van der Waals surface area contributed by atoms with E-state index in [0.717, 1.165) is 40.5 Å². The molecule has 3 aromatic rings. The number of pyridine rings is 1. The van der Waals surface area contributed by atoms with Crippen LogP contribution in [0, 0.1) is 6.92 Å². The van der Waals surface area contributed by atoms with Gasteiger partial charge < -0.3 is 4.90 Å². The van der Waals surface area contributed by atoms with Crippen LogP contribution < -0.4 is 5.56 Å². The molecule has 0 unspecified atom stereocenters. The van der Waals surface area contributed by atoms with Crippen molar-refractivity contribution in [1.82, 2.24) is 19.2 Å². The van der Waals surface area contributed by atoms with Crippen molar-refractivity contribution in [2.75, 3.05) is 20.1 Å². The quantitative estimate of drug-likeness (QED) is 0.728. The lowest BCUT2D eigenvalue weighted by Gasteiger charge is -2.36. The molecule has 4 rings (SSSR count). The predicted molar refractivity (Wildman–Crippen MR) is 97.8 cm³/mol. The van der Waals surface area contributed by atoms with Crippen LogP contribution in [0.25, 0.3) is 21.8 Å². The zero-order chi connectivity index (χ0) is 17.2. The van der Waals surface area contributed by atoms with E-state index >= 15 is 0 Å². The Balaban J connectivity index is 2.13. The van der Waals surface area contributed by atoms with Crippen molar-refractivity contribution in [3.05, 3.63) is 39.8 Å². The van der Waals surface area contributed by atoms with Crippen LogP contribution in [-0.4, -0.2) is 39.4 Å². The van der Waals surface area contributed by atoms with Crippen molar-refractivity contribution in [2.45, 2.75) is 32.7 Å². The number of benzene rings is 1. The molecule has 0 bridgehead atoms. The van der Waals surface area contributed by atoms with Crippen molar-refractivity contribution >= 4 is 21.8 Å². The minimum absolute atomic E-state index is 0.0672.